The van der Waals surface area contributed by atoms with Gasteiger partial charge in [-0.15, -0.1) is 0 Å². The molecular formula is C52H66K2N8NbO11-4. The van der Waals surface area contributed by atoms with E-state index in [1.54, 1.807) is 71.1 Å². The van der Waals surface area contributed by atoms with E-state index in [0.717, 1.165) is 43.1 Å². The van der Waals surface area contributed by atoms with Crippen LogP contribution in [0, 0.1) is 0 Å². The van der Waals surface area contributed by atoms with E-state index < -0.39 is 0 Å². The third-order valence-corrected chi connectivity index (χ3v) is 9.79. The molecule has 0 saturated carbocycles. The van der Waals surface area contributed by atoms with Gasteiger partial charge in [0.25, 0.3) is 0 Å². The molecule has 391 valence electrons. The Labute approximate surface area is 533 Å². The zero-order valence-corrected chi connectivity index (χ0v) is 53.3. The summed E-state index contributed by atoms with van der Waals surface area (Å²) in [7, 11) is 16.5. The first kappa shape index (κ1) is 71.8. The molecule has 4 aromatic heterocycles. The fraction of sp³-hybridized carbons (Fsp3) is 0.385. The van der Waals surface area contributed by atoms with E-state index in [2.05, 4.69) is 47.4 Å². The van der Waals surface area contributed by atoms with Crippen LogP contribution in [-0.4, -0.2) is 137 Å². The van der Waals surface area contributed by atoms with Crippen molar-refractivity contribution in [2.24, 2.45) is 20.0 Å². The minimum atomic E-state index is 0. The quantitative estimate of drug-likeness (QED) is 0.0935. The summed E-state index contributed by atoms with van der Waals surface area (Å²) in [6.45, 7) is 6.91. The molecule has 1 aliphatic rings. The number of aromatic nitrogens is 4. The largest absolute Gasteiger partial charge is 2.00 e. The summed E-state index contributed by atoms with van der Waals surface area (Å²) in [5.41, 5.74) is 2.21. The van der Waals surface area contributed by atoms with Crippen LogP contribution in [0.3, 0.4) is 0 Å². The van der Waals surface area contributed by atoms with Crippen molar-refractivity contribution in [2.45, 2.75) is 0 Å². The van der Waals surface area contributed by atoms with Crippen molar-refractivity contribution >= 4 is 66.4 Å². The average Bonchev–Trinajstić information content (AvgIpc) is 4.15. The van der Waals surface area contributed by atoms with Crippen molar-refractivity contribution in [3.8, 4) is 0 Å². The van der Waals surface area contributed by atoms with Crippen LogP contribution < -0.4 is 145 Å². The van der Waals surface area contributed by atoms with E-state index in [4.69, 9.17) is 39.9 Å². The molecule has 0 fully saturated rings. The van der Waals surface area contributed by atoms with E-state index in [1.807, 2.05) is 97.1 Å². The van der Waals surface area contributed by atoms with E-state index in [-0.39, 0.29) is 131 Å². The number of rotatable bonds is 15. The van der Waals surface area contributed by atoms with Gasteiger partial charge in [-0.3, -0.25) is 0 Å². The van der Waals surface area contributed by atoms with Gasteiger partial charge in [-0.1, -0.05) is 97.1 Å². The third-order valence-electron chi connectivity index (χ3n) is 9.79. The number of hydrogen-bond acceptors (Lipinski definition) is 14. The van der Waals surface area contributed by atoms with Gasteiger partial charge in [0, 0.05) is 139 Å². The molecule has 9 rings (SSSR count). The number of nitrogens with zero attached hydrogens (tertiary/aromatic N) is 8. The average molecular weight is 1150 g/mol. The summed E-state index contributed by atoms with van der Waals surface area (Å²) in [6.07, 6.45) is 0. The zero-order valence-electron chi connectivity index (χ0n) is 44.8. The Kier molecular flexibility index (Phi) is 41.5. The van der Waals surface area contributed by atoms with Crippen LogP contribution in [0.15, 0.2) is 117 Å². The van der Waals surface area contributed by atoms with Crippen LogP contribution >= 0.6 is 0 Å². The van der Waals surface area contributed by atoms with Crippen LogP contribution in [0.4, 0.5) is 23.3 Å². The van der Waals surface area contributed by atoms with Gasteiger partial charge in [0.05, 0.1) is 66.1 Å². The number of ether oxygens (including phenoxy) is 10. The Bertz CT molecular complexity index is 2570. The molecule has 0 N–H and O–H groups in total. The summed E-state index contributed by atoms with van der Waals surface area (Å²) in [5.74, 6) is 2.21. The number of fused-ring (bicyclic) bond motifs is 20. The van der Waals surface area contributed by atoms with E-state index in [9.17, 15) is 0 Å². The number of benzene rings is 4. The van der Waals surface area contributed by atoms with Gasteiger partial charge in [0.15, 0.2) is 0 Å². The van der Waals surface area contributed by atoms with Crippen molar-refractivity contribution in [3.63, 3.8) is 0 Å². The smallest absolute Gasteiger partial charge is 1.00 e. The second-order valence-corrected chi connectivity index (χ2v) is 14.6. The van der Waals surface area contributed by atoms with Crippen molar-refractivity contribution in [3.05, 3.63) is 119 Å². The maximum absolute atomic E-state index is 4.95. The predicted octanol–water partition coefficient (Wildman–Crippen LogP) is -0.471. The molecule has 0 spiro atoms. The number of methoxy groups -OCH3 is 10. The maximum atomic E-state index is 4.95. The van der Waals surface area contributed by atoms with E-state index in [0.29, 0.717) is 111 Å². The molecule has 22 heteroatoms. The molecular weight excluding hydrogens is 1080 g/mol. The van der Waals surface area contributed by atoms with Gasteiger partial charge >= 0.3 is 103 Å². The molecule has 0 atom stereocenters. The molecule has 74 heavy (non-hydrogen) atoms. The Hall–Kier alpha value is -2.19. The van der Waals surface area contributed by atoms with Gasteiger partial charge < -0.3 is 92.8 Å². The zero-order chi connectivity index (χ0) is 50.4. The topological polar surface area (TPSA) is 227 Å². The third kappa shape index (κ3) is 22.6. The molecule has 19 nitrogen and oxygen atoms in total. The Balaban J connectivity index is 0.00000130. The van der Waals surface area contributed by atoms with Gasteiger partial charge in [0.1, 0.15) is 0 Å². The molecule has 8 bridgehead atoms. The SMILES string of the molecule is COCCOC.COCCOC.COCCOC.COCCOC.COCCOC.[K+].[K+].[Nb].[O-2].c1ccc2c3[n-]c(c2c1)/N=c1\[n-]/c(c2ccccc12)=N\c1[n-]c(c2ccccc12)/N=c1\[n-]/c(c2ccccc12)=N\3. The first-order valence-corrected chi connectivity index (χ1v) is 22.4. The maximum Gasteiger partial charge on any atom is 1.00 e. The van der Waals surface area contributed by atoms with Crippen LogP contribution in [0.1, 0.15) is 0 Å². The van der Waals surface area contributed by atoms with Crippen LogP contribution in [0.2, 0.25) is 0 Å². The fourth-order valence-electron chi connectivity index (χ4n) is 6.29. The summed E-state index contributed by atoms with van der Waals surface area (Å²) in [5, 5.41) is 7.15. The first-order valence-electron chi connectivity index (χ1n) is 22.4. The Morgan fingerprint density at radius 1 is 0.270 bits per heavy atom. The molecule has 8 aromatic rings. The van der Waals surface area contributed by atoms with E-state index in [1.165, 1.54) is 0 Å². The Morgan fingerprint density at radius 3 is 0.568 bits per heavy atom. The monoisotopic (exact) mass is 1150 g/mol. The molecule has 0 unspecified atom stereocenters. The Morgan fingerprint density at radius 2 is 0.419 bits per heavy atom. The van der Waals surface area contributed by atoms with Crippen molar-refractivity contribution in [2.75, 3.05) is 137 Å². The van der Waals surface area contributed by atoms with Crippen LogP contribution in [0.25, 0.3) is 43.1 Å². The number of hydrogen-bond donors (Lipinski definition) is 0. The second-order valence-electron chi connectivity index (χ2n) is 14.6. The van der Waals surface area contributed by atoms with Gasteiger partial charge in [-0.2, -0.15) is 0 Å². The molecule has 5 heterocycles. The van der Waals surface area contributed by atoms with E-state index >= 15 is 0 Å². The van der Waals surface area contributed by atoms with Crippen molar-refractivity contribution < 1.29 is 178 Å². The van der Waals surface area contributed by atoms with Gasteiger partial charge in [-0.25, -0.2) is 0 Å². The van der Waals surface area contributed by atoms with Crippen LogP contribution in [0.5, 0.6) is 0 Å². The molecule has 1 radical (unpaired) electrons. The minimum Gasteiger partial charge on any atom is -2.00 e. The van der Waals surface area contributed by atoms with Crippen LogP contribution in [-0.2, 0) is 75.2 Å². The summed E-state index contributed by atoms with van der Waals surface area (Å²) in [4.78, 5) is 39.3. The standard InChI is InChI=1S/C32H16N8.5C4H10O2.2K.Nb.O/c1-2-10-18-17(9-1)25-33-26(18)38-28-21-13-5-6-14-22(21)30(35-28)40-32-24-16-8-7-15-23(24)31(36-32)39-29-20-12-4-3-11-19(20)27(34-29)37-25;5*1-5-3-4-6-2;;;;/h1-16H;5*3-4H2,1-2H3;;;;/q-4;;;;;;2*+1;;-2. The normalized spacial score (nSPS) is 12.4. The minimum absolute atomic E-state index is 0. The predicted molar refractivity (Wildman–Crippen MR) is 272 cm³/mol. The van der Waals surface area contributed by atoms with Crippen molar-refractivity contribution in [1.29, 1.82) is 0 Å². The first-order chi connectivity index (χ1) is 34.4. The molecule has 0 aliphatic carbocycles. The summed E-state index contributed by atoms with van der Waals surface area (Å²) < 4.78 is 46.6. The molecule has 4 aromatic carbocycles. The summed E-state index contributed by atoms with van der Waals surface area (Å²) >= 11 is 0. The molecule has 0 amide bonds. The van der Waals surface area contributed by atoms with Crippen molar-refractivity contribution in [1.82, 2.24) is 19.9 Å². The molecule has 0 saturated heterocycles. The summed E-state index contributed by atoms with van der Waals surface area (Å²) in [6, 6.07) is 31.8. The fourth-order valence-corrected chi connectivity index (χ4v) is 6.29. The second kappa shape index (κ2) is 42.8. The molecule has 1 aliphatic heterocycles. The van der Waals surface area contributed by atoms with Gasteiger partial charge in [0.2, 0.25) is 0 Å². The van der Waals surface area contributed by atoms with Gasteiger partial charge in [-0.05, 0) is 43.1 Å².